The predicted molar refractivity (Wildman–Crippen MR) is 90.0 cm³/mol. The zero-order chi connectivity index (χ0) is 16.8. The molecule has 1 fully saturated rings. The van der Waals surface area contributed by atoms with Crippen LogP contribution in [0.25, 0.3) is 0 Å². The summed E-state index contributed by atoms with van der Waals surface area (Å²) in [6.45, 7) is 4.19. The Balaban J connectivity index is 1.87. The van der Waals surface area contributed by atoms with E-state index in [4.69, 9.17) is 27.9 Å². The van der Waals surface area contributed by atoms with E-state index in [1.54, 1.807) is 23.1 Å². The monoisotopic (exact) mass is 358 g/mol. The SMILES string of the molecule is CCC(=O)N1CCCN(C(=O)COc2ccc(Cl)cc2Cl)CC1. The second-order valence-corrected chi connectivity index (χ2v) is 6.18. The Hall–Kier alpha value is -1.46. The Labute approximate surface area is 146 Å². The van der Waals surface area contributed by atoms with Crippen molar-refractivity contribution in [3.05, 3.63) is 28.2 Å². The fourth-order valence-corrected chi connectivity index (χ4v) is 2.93. The molecule has 0 spiro atoms. The second-order valence-electron chi connectivity index (χ2n) is 5.33. The summed E-state index contributed by atoms with van der Waals surface area (Å²) in [5.74, 6) is 0.451. The normalized spacial score (nSPS) is 15.3. The highest BCUT2D eigenvalue weighted by Gasteiger charge is 2.21. The van der Waals surface area contributed by atoms with E-state index in [-0.39, 0.29) is 18.4 Å². The predicted octanol–water partition coefficient (Wildman–Crippen LogP) is 2.84. The summed E-state index contributed by atoms with van der Waals surface area (Å²) in [5.41, 5.74) is 0. The van der Waals surface area contributed by atoms with Crippen molar-refractivity contribution in [3.8, 4) is 5.75 Å². The van der Waals surface area contributed by atoms with E-state index in [1.807, 2.05) is 11.8 Å². The summed E-state index contributed by atoms with van der Waals surface area (Å²) >= 11 is 11.8. The highest BCUT2D eigenvalue weighted by Crippen LogP contribution is 2.27. The van der Waals surface area contributed by atoms with E-state index >= 15 is 0 Å². The summed E-state index contributed by atoms with van der Waals surface area (Å²) < 4.78 is 5.48. The molecule has 23 heavy (non-hydrogen) atoms. The van der Waals surface area contributed by atoms with Crippen LogP contribution >= 0.6 is 23.2 Å². The van der Waals surface area contributed by atoms with Crippen molar-refractivity contribution in [1.29, 1.82) is 0 Å². The van der Waals surface area contributed by atoms with E-state index < -0.39 is 0 Å². The molecule has 2 rings (SSSR count). The van der Waals surface area contributed by atoms with Crippen LogP contribution in [0.3, 0.4) is 0 Å². The third-order valence-electron chi connectivity index (χ3n) is 3.75. The van der Waals surface area contributed by atoms with E-state index in [1.165, 1.54) is 0 Å². The zero-order valence-electron chi connectivity index (χ0n) is 13.1. The Morgan fingerprint density at radius 1 is 1.09 bits per heavy atom. The van der Waals surface area contributed by atoms with E-state index in [2.05, 4.69) is 0 Å². The summed E-state index contributed by atoms with van der Waals surface area (Å²) in [6, 6.07) is 4.87. The lowest BCUT2D eigenvalue weighted by Crippen LogP contribution is -2.39. The molecule has 0 bridgehead atoms. The molecule has 0 unspecified atom stereocenters. The minimum atomic E-state index is -0.109. The first-order chi connectivity index (χ1) is 11.0. The van der Waals surface area contributed by atoms with Crippen molar-refractivity contribution in [3.63, 3.8) is 0 Å². The van der Waals surface area contributed by atoms with Gasteiger partial charge in [-0.25, -0.2) is 0 Å². The summed E-state index contributed by atoms with van der Waals surface area (Å²) in [4.78, 5) is 27.6. The number of ether oxygens (including phenoxy) is 1. The van der Waals surface area contributed by atoms with Gasteiger partial charge in [-0.05, 0) is 24.6 Å². The topological polar surface area (TPSA) is 49.9 Å². The van der Waals surface area contributed by atoms with E-state index in [0.29, 0.717) is 48.4 Å². The molecule has 7 heteroatoms. The Bertz CT molecular complexity index is 580. The number of benzene rings is 1. The van der Waals surface area contributed by atoms with Gasteiger partial charge in [0.2, 0.25) is 5.91 Å². The molecule has 126 valence electrons. The van der Waals surface area contributed by atoms with Crippen LogP contribution in [-0.4, -0.2) is 54.4 Å². The maximum Gasteiger partial charge on any atom is 0.260 e. The smallest absolute Gasteiger partial charge is 0.260 e. The molecule has 0 aromatic heterocycles. The van der Waals surface area contributed by atoms with E-state index in [0.717, 1.165) is 6.42 Å². The largest absolute Gasteiger partial charge is 0.482 e. The van der Waals surface area contributed by atoms with Crippen LogP contribution in [-0.2, 0) is 9.59 Å². The minimum Gasteiger partial charge on any atom is -0.482 e. The maximum atomic E-state index is 12.3. The van der Waals surface area contributed by atoms with Crippen LogP contribution in [0.2, 0.25) is 10.0 Å². The molecule has 1 aliphatic heterocycles. The molecule has 1 aromatic carbocycles. The molecule has 0 N–H and O–H groups in total. The molecular weight excluding hydrogens is 339 g/mol. The number of carbonyl (C=O) groups is 2. The van der Waals surface area contributed by atoms with Gasteiger partial charge in [0, 0.05) is 37.6 Å². The van der Waals surface area contributed by atoms with Crippen molar-refractivity contribution in [1.82, 2.24) is 9.80 Å². The third-order valence-corrected chi connectivity index (χ3v) is 4.28. The van der Waals surface area contributed by atoms with Crippen molar-refractivity contribution in [2.75, 3.05) is 32.8 Å². The number of amides is 2. The highest BCUT2D eigenvalue weighted by molar-refractivity contribution is 6.35. The van der Waals surface area contributed by atoms with Gasteiger partial charge in [-0.2, -0.15) is 0 Å². The fourth-order valence-electron chi connectivity index (χ4n) is 2.46. The van der Waals surface area contributed by atoms with Gasteiger partial charge in [0.15, 0.2) is 6.61 Å². The minimum absolute atomic E-state index is 0.0803. The molecule has 1 saturated heterocycles. The van der Waals surface area contributed by atoms with Crippen molar-refractivity contribution >= 4 is 35.0 Å². The van der Waals surface area contributed by atoms with Crippen LogP contribution < -0.4 is 4.74 Å². The van der Waals surface area contributed by atoms with Crippen LogP contribution in [0.15, 0.2) is 18.2 Å². The third kappa shape index (κ3) is 5.01. The number of carbonyl (C=O) groups excluding carboxylic acids is 2. The lowest BCUT2D eigenvalue weighted by atomic mass is 10.3. The molecule has 1 heterocycles. The summed E-state index contributed by atoms with van der Waals surface area (Å²) in [6.07, 6.45) is 1.27. The number of hydrogen-bond acceptors (Lipinski definition) is 3. The molecule has 1 aliphatic rings. The Morgan fingerprint density at radius 2 is 1.74 bits per heavy atom. The van der Waals surface area contributed by atoms with Crippen molar-refractivity contribution in [2.45, 2.75) is 19.8 Å². The first kappa shape index (κ1) is 17.9. The van der Waals surface area contributed by atoms with Crippen molar-refractivity contribution < 1.29 is 14.3 Å². The zero-order valence-corrected chi connectivity index (χ0v) is 14.6. The maximum absolute atomic E-state index is 12.3. The summed E-state index contributed by atoms with van der Waals surface area (Å²) in [5, 5.41) is 0.891. The van der Waals surface area contributed by atoms with E-state index in [9.17, 15) is 9.59 Å². The first-order valence-corrected chi connectivity index (χ1v) is 8.40. The number of hydrogen-bond donors (Lipinski definition) is 0. The van der Waals surface area contributed by atoms with Gasteiger partial charge in [0.05, 0.1) is 5.02 Å². The average Bonchev–Trinajstić information content (AvgIpc) is 2.79. The number of nitrogens with zero attached hydrogens (tertiary/aromatic N) is 2. The van der Waals surface area contributed by atoms with Crippen LogP contribution in [0.5, 0.6) is 5.75 Å². The second kappa shape index (κ2) is 8.41. The molecule has 0 aliphatic carbocycles. The van der Waals surface area contributed by atoms with Gasteiger partial charge in [-0.15, -0.1) is 0 Å². The quantitative estimate of drug-likeness (QED) is 0.831. The molecule has 0 radical (unpaired) electrons. The molecule has 1 aromatic rings. The van der Waals surface area contributed by atoms with Crippen LogP contribution in [0.1, 0.15) is 19.8 Å². The molecule has 2 amide bonds. The van der Waals surface area contributed by atoms with Gasteiger partial charge >= 0.3 is 0 Å². The molecule has 0 saturated carbocycles. The van der Waals surface area contributed by atoms with Gasteiger partial charge in [-0.1, -0.05) is 30.1 Å². The van der Waals surface area contributed by atoms with Gasteiger partial charge in [-0.3, -0.25) is 9.59 Å². The highest BCUT2D eigenvalue weighted by atomic mass is 35.5. The Kier molecular flexibility index (Phi) is 6.54. The Morgan fingerprint density at radius 3 is 2.35 bits per heavy atom. The van der Waals surface area contributed by atoms with Gasteiger partial charge < -0.3 is 14.5 Å². The lowest BCUT2D eigenvalue weighted by molar-refractivity contribution is -0.134. The van der Waals surface area contributed by atoms with Crippen LogP contribution in [0.4, 0.5) is 0 Å². The molecular formula is C16H20Cl2N2O3. The van der Waals surface area contributed by atoms with Crippen LogP contribution in [0, 0.1) is 0 Å². The first-order valence-electron chi connectivity index (χ1n) is 7.64. The number of rotatable bonds is 4. The summed E-state index contributed by atoms with van der Waals surface area (Å²) in [7, 11) is 0. The molecule has 0 atom stereocenters. The molecule has 5 nitrogen and oxygen atoms in total. The standard InChI is InChI=1S/C16H20Cl2N2O3/c1-2-15(21)19-6-3-7-20(9-8-19)16(22)11-23-14-5-4-12(17)10-13(14)18/h4-5,10H,2-3,6-9,11H2,1H3. The lowest BCUT2D eigenvalue weighted by Gasteiger charge is -2.22. The van der Waals surface area contributed by atoms with Gasteiger partial charge in [0.1, 0.15) is 5.75 Å². The number of halogens is 2. The fraction of sp³-hybridized carbons (Fsp3) is 0.500. The average molecular weight is 359 g/mol. The van der Waals surface area contributed by atoms with Gasteiger partial charge in [0.25, 0.3) is 5.91 Å². The van der Waals surface area contributed by atoms with Crippen molar-refractivity contribution in [2.24, 2.45) is 0 Å².